The Kier molecular flexibility index (Phi) is 6.40. The zero-order valence-electron chi connectivity index (χ0n) is 18.9. The fourth-order valence-electron chi connectivity index (χ4n) is 4.32. The summed E-state index contributed by atoms with van der Waals surface area (Å²) in [7, 11) is 0. The van der Waals surface area contributed by atoms with E-state index in [1.807, 2.05) is 36.7 Å². The maximum absolute atomic E-state index is 13.0. The monoisotopic (exact) mass is 430 g/mol. The number of carbonyl (C=O) groups is 1. The molecule has 1 saturated carbocycles. The minimum Gasteiger partial charge on any atom is -0.382 e. The number of fused-ring (bicyclic) bond motifs is 1. The zero-order valence-corrected chi connectivity index (χ0v) is 18.9. The molecule has 7 heteroatoms. The van der Waals surface area contributed by atoms with Gasteiger partial charge in [0.1, 0.15) is 17.5 Å². The van der Waals surface area contributed by atoms with Gasteiger partial charge in [-0.3, -0.25) is 9.36 Å². The van der Waals surface area contributed by atoms with Crippen LogP contribution in [0.2, 0.25) is 0 Å². The first-order valence-electron chi connectivity index (χ1n) is 11.4. The molecule has 166 valence electrons. The molecule has 0 unspecified atom stereocenters. The van der Waals surface area contributed by atoms with E-state index in [2.05, 4.69) is 33.6 Å². The highest BCUT2D eigenvalue weighted by Crippen LogP contribution is 2.28. The van der Waals surface area contributed by atoms with Crippen LogP contribution in [-0.2, 0) is 0 Å². The number of amides is 1. The SMILES string of the molecule is CC(C)Nc1cc(-n2ccc3cc(C#N)cnc32)ncc1C(=O)NC[C@H]1CC[C@H](C)CC1. The van der Waals surface area contributed by atoms with Crippen LogP contribution in [0.3, 0.4) is 0 Å². The van der Waals surface area contributed by atoms with Crippen LogP contribution in [0.25, 0.3) is 16.9 Å². The quantitative estimate of drug-likeness (QED) is 0.592. The molecule has 3 heterocycles. The van der Waals surface area contributed by atoms with Crippen LogP contribution >= 0.6 is 0 Å². The summed E-state index contributed by atoms with van der Waals surface area (Å²) in [5.41, 5.74) is 2.53. The molecule has 7 nitrogen and oxygen atoms in total. The molecule has 1 aliphatic rings. The number of pyridine rings is 2. The summed E-state index contributed by atoms with van der Waals surface area (Å²) in [5.74, 6) is 1.92. The van der Waals surface area contributed by atoms with Gasteiger partial charge >= 0.3 is 0 Å². The number of hydrogen-bond donors (Lipinski definition) is 2. The van der Waals surface area contributed by atoms with Crippen molar-refractivity contribution in [2.45, 2.75) is 52.5 Å². The first-order valence-corrected chi connectivity index (χ1v) is 11.4. The van der Waals surface area contributed by atoms with E-state index in [9.17, 15) is 4.79 Å². The lowest BCUT2D eigenvalue weighted by Gasteiger charge is -2.26. The molecule has 3 aromatic rings. The Morgan fingerprint density at radius 3 is 2.72 bits per heavy atom. The largest absolute Gasteiger partial charge is 0.382 e. The lowest BCUT2D eigenvalue weighted by Crippen LogP contribution is -2.32. The number of aromatic nitrogens is 3. The molecule has 3 aromatic heterocycles. The van der Waals surface area contributed by atoms with Crippen molar-refractivity contribution < 1.29 is 4.79 Å². The van der Waals surface area contributed by atoms with Gasteiger partial charge in [-0.25, -0.2) is 9.97 Å². The van der Waals surface area contributed by atoms with Crippen LogP contribution in [0.5, 0.6) is 0 Å². The highest BCUT2D eigenvalue weighted by molar-refractivity contribution is 5.99. The van der Waals surface area contributed by atoms with Crippen LogP contribution in [-0.4, -0.2) is 33.0 Å². The first kappa shape index (κ1) is 21.8. The van der Waals surface area contributed by atoms with Gasteiger partial charge in [0.15, 0.2) is 0 Å². The van der Waals surface area contributed by atoms with Gasteiger partial charge in [0.2, 0.25) is 0 Å². The van der Waals surface area contributed by atoms with Crippen LogP contribution in [0.1, 0.15) is 62.4 Å². The zero-order chi connectivity index (χ0) is 22.7. The number of nitriles is 1. The van der Waals surface area contributed by atoms with Crippen LogP contribution in [0.4, 0.5) is 5.69 Å². The van der Waals surface area contributed by atoms with E-state index in [4.69, 9.17) is 5.26 Å². The molecule has 0 spiro atoms. The summed E-state index contributed by atoms with van der Waals surface area (Å²) in [6.07, 6.45) is 9.91. The molecular weight excluding hydrogens is 400 g/mol. The van der Waals surface area contributed by atoms with E-state index in [0.717, 1.165) is 22.6 Å². The molecule has 0 atom stereocenters. The molecule has 1 fully saturated rings. The van der Waals surface area contributed by atoms with Crippen LogP contribution in [0, 0.1) is 23.2 Å². The molecule has 0 saturated heterocycles. The van der Waals surface area contributed by atoms with Crippen molar-refractivity contribution in [2.24, 2.45) is 11.8 Å². The van der Waals surface area contributed by atoms with Gasteiger partial charge < -0.3 is 10.6 Å². The van der Waals surface area contributed by atoms with Crippen LogP contribution < -0.4 is 10.6 Å². The van der Waals surface area contributed by atoms with E-state index in [1.165, 1.54) is 25.7 Å². The van der Waals surface area contributed by atoms with E-state index in [1.54, 1.807) is 18.5 Å². The molecule has 0 radical (unpaired) electrons. The van der Waals surface area contributed by atoms with Gasteiger partial charge in [-0.05, 0) is 50.7 Å². The van der Waals surface area contributed by atoms with Crippen molar-refractivity contribution >= 4 is 22.6 Å². The minimum absolute atomic E-state index is 0.0972. The summed E-state index contributed by atoms with van der Waals surface area (Å²) in [5, 5.41) is 16.5. The number of anilines is 1. The average molecular weight is 431 g/mol. The summed E-state index contributed by atoms with van der Waals surface area (Å²) < 4.78 is 1.87. The summed E-state index contributed by atoms with van der Waals surface area (Å²) >= 11 is 0. The molecule has 0 aromatic carbocycles. The molecule has 2 N–H and O–H groups in total. The lowest BCUT2D eigenvalue weighted by atomic mass is 9.83. The van der Waals surface area contributed by atoms with E-state index in [-0.39, 0.29) is 11.9 Å². The second-order valence-electron chi connectivity index (χ2n) is 9.16. The maximum atomic E-state index is 13.0. The normalized spacial score (nSPS) is 18.5. The summed E-state index contributed by atoms with van der Waals surface area (Å²) in [4.78, 5) is 22.0. The molecular formula is C25H30N6O. The van der Waals surface area contributed by atoms with Gasteiger partial charge in [-0.1, -0.05) is 19.8 Å². The lowest BCUT2D eigenvalue weighted by molar-refractivity contribution is 0.0942. The molecule has 0 aliphatic heterocycles. The number of nitrogens with zero attached hydrogens (tertiary/aromatic N) is 4. The van der Waals surface area contributed by atoms with Crippen molar-refractivity contribution in [2.75, 3.05) is 11.9 Å². The average Bonchev–Trinajstić information content (AvgIpc) is 3.21. The van der Waals surface area contributed by atoms with E-state index in [0.29, 0.717) is 29.4 Å². The van der Waals surface area contributed by atoms with Crippen LogP contribution in [0.15, 0.2) is 36.8 Å². The Hall–Kier alpha value is -3.40. The maximum Gasteiger partial charge on any atom is 0.254 e. The van der Waals surface area contributed by atoms with Gasteiger partial charge in [0, 0.05) is 42.6 Å². The second-order valence-corrected chi connectivity index (χ2v) is 9.16. The third-order valence-electron chi connectivity index (χ3n) is 6.17. The Labute approximate surface area is 188 Å². The minimum atomic E-state index is -0.0972. The molecule has 4 rings (SSSR count). The Bertz CT molecular complexity index is 1150. The van der Waals surface area contributed by atoms with Gasteiger partial charge in [0.05, 0.1) is 16.8 Å². The van der Waals surface area contributed by atoms with Crippen molar-refractivity contribution in [1.29, 1.82) is 5.26 Å². The van der Waals surface area contributed by atoms with E-state index < -0.39 is 0 Å². The van der Waals surface area contributed by atoms with Crippen molar-refractivity contribution in [1.82, 2.24) is 19.9 Å². The number of rotatable bonds is 6. The fourth-order valence-corrected chi connectivity index (χ4v) is 4.32. The molecule has 1 aliphatic carbocycles. The van der Waals surface area contributed by atoms with Gasteiger partial charge in [0.25, 0.3) is 5.91 Å². The predicted octanol–water partition coefficient (Wildman–Crippen LogP) is 4.67. The Morgan fingerprint density at radius 1 is 1.22 bits per heavy atom. The van der Waals surface area contributed by atoms with Gasteiger partial charge in [-0.15, -0.1) is 0 Å². The predicted molar refractivity (Wildman–Crippen MR) is 126 cm³/mol. The molecule has 32 heavy (non-hydrogen) atoms. The smallest absolute Gasteiger partial charge is 0.254 e. The molecule has 1 amide bonds. The van der Waals surface area contributed by atoms with Crippen molar-refractivity contribution in [3.05, 3.63) is 47.9 Å². The number of hydrogen-bond acceptors (Lipinski definition) is 5. The van der Waals surface area contributed by atoms with E-state index >= 15 is 0 Å². The number of nitrogens with one attached hydrogen (secondary N) is 2. The third-order valence-corrected chi connectivity index (χ3v) is 6.17. The van der Waals surface area contributed by atoms with Crippen molar-refractivity contribution in [3.63, 3.8) is 0 Å². The standard InChI is InChI=1S/C25H30N6O/c1-16(2)30-22-11-23(31-9-8-20-10-19(12-26)14-28-24(20)31)27-15-21(22)25(32)29-13-18-6-4-17(3)5-7-18/h8-11,14-18H,4-7,13H2,1-3H3,(H,27,30)(H,29,32)/t17-,18-. The summed E-state index contributed by atoms with van der Waals surface area (Å²) in [6.45, 7) is 7.10. The molecule has 0 bridgehead atoms. The Balaban J connectivity index is 1.58. The highest BCUT2D eigenvalue weighted by Gasteiger charge is 2.20. The highest BCUT2D eigenvalue weighted by atomic mass is 16.1. The fraction of sp³-hybridized carbons (Fsp3) is 0.440. The first-order chi connectivity index (χ1) is 15.4. The number of carbonyl (C=O) groups excluding carboxylic acids is 1. The van der Waals surface area contributed by atoms with Crippen molar-refractivity contribution in [3.8, 4) is 11.9 Å². The van der Waals surface area contributed by atoms with Gasteiger partial charge in [-0.2, -0.15) is 5.26 Å². The summed E-state index contributed by atoms with van der Waals surface area (Å²) in [6, 6.07) is 7.88. The second kappa shape index (κ2) is 9.39. The Morgan fingerprint density at radius 2 is 2.00 bits per heavy atom. The topological polar surface area (TPSA) is 95.6 Å². The third kappa shape index (κ3) is 4.75.